The first-order valence-corrected chi connectivity index (χ1v) is 7.56. The molecule has 0 radical (unpaired) electrons. The number of aromatic hydroxyl groups is 1. The molecule has 0 bridgehead atoms. The Morgan fingerprint density at radius 2 is 2.14 bits per heavy atom. The molecular weight excluding hydrogens is 284 g/mol. The molecule has 0 aliphatic carbocycles. The molecule has 108 valence electrons. The van der Waals surface area contributed by atoms with Crippen molar-refractivity contribution < 1.29 is 5.11 Å². The van der Waals surface area contributed by atoms with Crippen molar-refractivity contribution in [3.8, 4) is 5.75 Å². The van der Waals surface area contributed by atoms with Crippen LogP contribution in [0.1, 0.15) is 17.4 Å². The van der Waals surface area contributed by atoms with E-state index < -0.39 is 0 Å². The predicted octanol–water partition coefficient (Wildman–Crippen LogP) is 4.63. The van der Waals surface area contributed by atoms with Crippen molar-refractivity contribution in [1.82, 2.24) is 9.78 Å². The Balaban J connectivity index is 2.18. The number of azo groups is 1. The van der Waals surface area contributed by atoms with Crippen LogP contribution in [0.15, 0.2) is 34.6 Å². The van der Waals surface area contributed by atoms with Crippen molar-refractivity contribution in [1.29, 1.82) is 0 Å². The van der Waals surface area contributed by atoms with Gasteiger partial charge in [0, 0.05) is 23.4 Å². The molecule has 5 nitrogen and oxygen atoms in total. The van der Waals surface area contributed by atoms with E-state index in [1.165, 1.54) is 0 Å². The SMILES string of the molecule is CCc1cc(O)c2cc(C)sc2c1N=Nc1ccnn1C. The van der Waals surface area contributed by atoms with Gasteiger partial charge in [-0.05, 0) is 31.0 Å². The molecule has 1 aromatic carbocycles. The standard InChI is InChI=1S/C15H16N4OS/c1-4-10-8-12(20)11-7-9(2)21-15(11)14(10)18-17-13-5-6-16-19(13)3/h5-8,20H,4H2,1-3H3. The second-order valence-corrected chi connectivity index (χ2v) is 6.13. The highest BCUT2D eigenvalue weighted by Crippen LogP contribution is 2.42. The molecule has 0 amide bonds. The Bertz CT molecular complexity index is 832. The number of rotatable bonds is 3. The average molecular weight is 300 g/mol. The van der Waals surface area contributed by atoms with E-state index in [2.05, 4.69) is 15.3 Å². The summed E-state index contributed by atoms with van der Waals surface area (Å²) in [6, 6.07) is 5.58. The van der Waals surface area contributed by atoms with Crippen molar-refractivity contribution in [3.05, 3.63) is 34.8 Å². The summed E-state index contributed by atoms with van der Waals surface area (Å²) in [6.45, 7) is 4.07. The van der Waals surface area contributed by atoms with E-state index in [4.69, 9.17) is 0 Å². The predicted molar refractivity (Wildman–Crippen MR) is 85.0 cm³/mol. The van der Waals surface area contributed by atoms with Crippen LogP contribution in [-0.4, -0.2) is 14.9 Å². The van der Waals surface area contributed by atoms with E-state index in [-0.39, 0.29) is 0 Å². The average Bonchev–Trinajstić information content (AvgIpc) is 3.04. The van der Waals surface area contributed by atoms with Crippen LogP contribution in [0.3, 0.4) is 0 Å². The molecule has 0 atom stereocenters. The van der Waals surface area contributed by atoms with Crippen LogP contribution < -0.4 is 0 Å². The largest absolute Gasteiger partial charge is 0.507 e. The lowest BCUT2D eigenvalue weighted by Gasteiger charge is -2.05. The zero-order chi connectivity index (χ0) is 15.0. The summed E-state index contributed by atoms with van der Waals surface area (Å²) >= 11 is 1.63. The van der Waals surface area contributed by atoms with E-state index in [9.17, 15) is 5.11 Å². The zero-order valence-corrected chi connectivity index (χ0v) is 13.0. The number of hydrogen-bond acceptors (Lipinski definition) is 5. The van der Waals surface area contributed by atoms with Gasteiger partial charge < -0.3 is 5.11 Å². The molecule has 0 saturated carbocycles. The molecule has 0 unspecified atom stereocenters. The lowest BCUT2D eigenvalue weighted by molar-refractivity contribution is 0.481. The van der Waals surface area contributed by atoms with Gasteiger partial charge >= 0.3 is 0 Å². The van der Waals surface area contributed by atoms with Crippen molar-refractivity contribution in [3.63, 3.8) is 0 Å². The van der Waals surface area contributed by atoms with E-state index >= 15 is 0 Å². The minimum Gasteiger partial charge on any atom is -0.507 e. The molecular formula is C15H16N4OS. The van der Waals surface area contributed by atoms with Crippen LogP contribution in [0.25, 0.3) is 10.1 Å². The monoisotopic (exact) mass is 300 g/mol. The lowest BCUT2D eigenvalue weighted by Crippen LogP contribution is -1.87. The molecule has 0 fully saturated rings. The molecule has 2 heterocycles. The normalized spacial score (nSPS) is 11.8. The van der Waals surface area contributed by atoms with Crippen LogP contribution in [0, 0.1) is 6.92 Å². The minimum atomic E-state index is 0.311. The number of fused-ring (bicyclic) bond motifs is 1. The number of phenolic OH excluding ortho intramolecular Hbond substituents is 1. The number of aromatic nitrogens is 2. The third kappa shape index (κ3) is 2.42. The van der Waals surface area contributed by atoms with Crippen LogP contribution in [0.5, 0.6) is 5.75 Å². The molecule has 3 rings (SSSR count). The van der Waals surface area contributed by atoms with Gasteiger partial charge in [-0.2, -0.15) is 5.10 Å². The van der Waals surface area contributed by atoms with Crippen LogP contribution in [-0.2, 0) is 13.5 Å². The Morgan fingerprint density at radius 3 is 2.81 bits per heavy atom. The van der Waals surface area contributed by atoms with Gasteiger partial charge in [0.25, 0.3) is 0 Å². The van der Waals surface area contributed by atoms with Crippen molar-refractivity contribution in [2.24, 2.45) is 17.3 Å². The zero-order valence-electron chi connectivity index (χ0n) is 12.2. The van der Waals surface area contributed by atoms with Crippen molar-refractivity contribution in [2.45, 2.75) is 20.3 Å². The van der Waals surface area contributed by atoms with Crippen LogP contribution in [0.4, 0.5) is 11.5 Å². The first-order chi connectivity index (χ1) is 10.1. The van der Waals surface area contributed by atoms with E-state index in [1.807, 2.05) is 33.0 Å². The molecule has 21 heavy (non-hydrogen) atoms. The Morgan fingerprint density at radius 1 is 1.33 bits per heavy atom. The van der Waals surface area contributed by atoms with Gasteiger partial charge in [0.1, 0.15) is 11.4 Å². The Kier molecular flexibility index (Phi) is 3.47. The number of benzene rings is 1. The summed E-state index contributed by atoms with van der Waals surface area (Å²) in [7, 11) is 1.83. The first kappa shape index (κ1) is 13.8. The quantitative estimate of drug-likeness (QED) is 0.717. The van der Waals surface area contributed by atoms with Crippen molar-refractivity contribution >= 4 is 32.9 Å². The number of nitrogens with zero attached hydrogens (tertiary/aromatic N) is 4. The second-order valence-electron chi connectivity index (χ2n) is 4.87. The molecule has 0 aliphatic heterocycles. The molecule has 3 aromatic rings. The fourth-order valence-corrected chi connectivity index (χ4v) is 3.32. The van der Waals surface area contributed by atoms with Gasteiger partial charge in [-0.3, -0.25) is 0 Å². The maximum atomic E-state index is 10.1. The lowest BCUT2D eigenvalue weighted by atomic mass is 10.1. The highest BCUT2D eigenvalue weighted by Gasteiger charge is 2.13. The summed E-state index contributed by atoms with van der Waals surface area (Å²) < 4.78 is 2.65. The summed E-state index contributed by atoms with van der Waals surface area (Å²) in [5, 5.41) is 23.8. The molecule has 2 aromatic heterocycles. The van der Waals surface area contributed by atoms with E-state index in [1.54, 1.807) is 28.3 Å². The van der Waals surface area contributed by atoms with Gasteiger partial charge in [-0.1, -0.05) is 6.92 Å². The molecule has 0 saturated heterocycles. The summed E-state index contributed by atoms with van der Waals surface area (Å²) in [6.07, 6.45) is 2.48. The number of aryl methyl sites for hydroxylation is 3. The summed E-state index contributed by atoms with van der Waals surface area (Å²) in [4.78, 5) is 1.14. The second kappa shape index (κ2) is 5.29. The third-order valence-corrected chi connectivity index (χ3v) is 4.45. The topological polar surface area (TPSA) is 62.8 Å². The Labute approximate surface area is 126 Å². The Hall–Kier alpha value is -2.21. The van der Waals surface area contributed by atoms with Crippen molar-refractivity contribution in [2.75, 3.05) is 0 Å². The number of phenols is 1. The van der Waals surface area contributed by atoms with Gasteiger partial charge in [-0.15, -0.1) is 21.6 Å². The summed E-state index contributed by atoms with van der Waals surface area (Å²) in [5.41, 5.74) is 1.83. The maximum absolute atomic E-state index is 10.1. The van der Waals surface area contributed by atoms with E-state index in [0.717, 1.165) is 32.6 Å². The smallest absolute Gasteiger partial charge is 0.172 e. The highest BCUT2D eigenvalue weighted by atomic mass is 32.1. The number of thiophene rings is 1. The third-order valence-electron chi connectivity index (χ3n) is 3.39. The fourth-order valence-electron chi connectivity index (χ4n) is 2.28. The van der Waals surface area contributed by atoms with Crippen LogP contribution in [0.2, 0.25) is 0 Å². The maximum Gasteiger partial charge on any atom is 0.172 e. The first-order valence-electron chi connectivity index (χ1n) is 6.75. The minimum absolute atomic E-state index is 0.311. The molecule has 0 spiro atoms. The van der Waals surface area contributed by atoms with Gasteiger partial charge in [0.05, 0.1) is 10.9 Å². The number of hydrogen-bond donors (Lipinski definition) is 1. The molecule has 6 heteroatoms. The highest BCUT2D eigenvalue weighted by molar-refractivity contribution is 7.19. The molecule has 0 aliphatic rings. The van der Waals surface area contributed by atoms with Gasteiger partial charge in [-0.25, -0.2) is 4.68 Å². The van der Waals surface area contributed by atoms with Crippen LogP contribution >= 0.6 is 11.3 Å². The van der Waals surface area contributed by atoms with E-state index in [0.29, 0.717) is 11.6 Å². The van der Waals surface area contributed by atoms with Gasteiger partial charge in [0.15, 0.2) is 5.82 Å². The molecule has 1 N–H and O–H groups in total. The summed E-state index contributed by atoms with van der Waals surface area (Å²) in [5.74, 6) is 1.01. The fraction of sp³-hybridized carbons (Fsp3) is 0.267. The van der Waals surface area contributed by atoms with Gasteiger partial charge in [0.2, 0.25) is 0 Å².